The van der Waals surface area contributed by atoms with Crippen molar-refractivity contribution < 1.29 is 18.1 Å². The van der Waals surface area contributed by atoms with E-state index in [1.54, 1.807) is 25.1 Å². The number of para-hydroxylation sites is 1. The van der Waals surface area contributed by atoms with Crippen LogP contribution in [0.2, 0.25) is 0 Å². The number of hydrogen-bond donors (Lipinski definition) is 1. The van der Waals surface area contributed by atoms with Crippen LogP contribution in [0.25, 0.3) is 28.1 Å². The van der Waals surface area contributed by atoms with Gasteiger partial charge in [-0.05, 0) is 36.8 Å². The van der Waals surface area contributed by atoms with Crippen LogP contribution < -0.4 is 10.9 Å². The Kier molecular flexibility index (Phi) is 5.01. The number of carbonyl (C=O) groups excluding carboxylic acids is 1. The topological polar surface area (TPSA) is 108 Å². The number of anilines is 1. The SMILES string of the molecule is Cc1ccc(C(=O)Nc2ccon2)cc1-c1nc2cnn(-c3c(F)cccc3F)c2n(C)c1=O. The Morgan fingerprint density at radius 1 is 1.12 bits per heavy atom. The molecule has 0 spiro atoms. The van der Waals surface area contributed by atoms with Crippen LogP contribution in [-0.2, 0) is 7.05 Å². The molecule has 0 aliphatic heterocycles. The van der Waals surface area contributed by atoms with Gasteiger partial charge in [-0.1, -0.05) is 17.3 Å². The van der Waals surface area contributed by atoms with Gasteiger partial charge in [-0.25, -0.2) is 18.4 Å². The molecular weight excluding hydrogens is 446 g/mol. The van der Waals surface area contributed by atoms with Crippen molar-refractivity contribution in [1.82, 2.24) is 24.5 Å². The van der Waals surface area contributed by atoms with Crippen LogP contribution in [0.5, 0.6) is 0 Å². The van der Waals surface area contributed by atoms with Gasteiger partial charge in [0.05, 0.1) is 6.20 Å². The summed E-state index contributed by atoms with van der Waals surface area (Å²) in [6, 6.07) is 9.78. The Balaban J connectivity index is 1.64. The Morgan fingerprint density at radius 2 is 1.88 bits per heavy atom. The van der Waals surface area contributed by atoms with Gasteiger partial charge in [0.2, 0.25) is 0 Å². The molecule has 34 heavy (non-hydrogen) atoms. The van der Waals surface area contributed by atoms with Crippen LogP contribution in [-0.4, -0.2) is 30.4 Å². The van der Waals surface area contributed by atoms with Gasteiger partial charge >= 0.3 is 0 Å². The van der Waals surface area contributed by atoms with Crippen LogP contribution >= 0.6 is 0 Å². The van der Waals surface area contributed by atoms with Crippen molar-refractivity contribution >= 4 is 22.9 Å². The van der Waals surface area contributed by atoms with E-state index in [1.165, 1.54) is 36.2 Å². The van der Waals surface area contributed by atoms with E-state index in [-0.39, 0.29) is 28.2 Å². The summed E-state index contributed by atoms with van der Waals surface area (Å²) < 4.78 is 35.7. The molecule has 0 saturated heterocycles. The fraction of sp³-hybridized carbons (Fsp3) is 0.0870. The molecule has 5 rings (SSSR count). The van der Waals surface area contributed by atoms with Crippen molar-refractivity contribution in [2.45, 2.75) is 6.92 Å². The van der Waals surface area contributed by atoms with E-state index < -0.39 is 28.8 Å². The monoisotopic (exact) mass is 462 g/mol. The molecule has 3 heterocycles. The number of hydrogen-bond acceptors (Lipinski definition) is 6. The van der Waals surface area contributed by atoms with Gasteiger partial charge in [0.1, 0.15) is 23.2 Å². The van der Waals surface area contributed by atoms with E-state index in [9.17, 15) is 18.4 Å². The first kappa shape index (κ1) is 21.2. The minimum Gasteiger partial charge on any atom is -0.363 e. The summed E-state index contributed by atoms with van der Waals surface area (Å²) in [6.45, 7) is 1.78. The van der Waals surface area contributed by atoms with Gasteiger partial charge in [-0.15, -0.1) is 0 Å². The third kappa shape index (κ3) is 3.43. The smallest absolute Gasteiger partial charge is 0.278 e. The number of aromatic nitrogens is 5. The zero-order valence-corrected chi connectivity index (χ0v) is 17.9. The summed E-state index contributed by atoms with van der Waals surface area (Å²) in [5, 5.41) is 10.3. The van der Waals surface area contributed by atoms with Gasteiger partial charge < -0.3 is 9.84 Å². The first-order valence-electron chi connectivity index (χ1n) is 10.1. The van der Waals surface area contributed by atoms with Crippen LogP contribution in [0, 0.1) is 18.6 Å². The van der Waals surface area contributed by atoms with Crippen molar-refractivity contribution in [3.8, 4) is 16.9 Å². The normalized spacial score (nSPS) is 11.2. The fourth-order valence-corrected chi connectivity index (χ4v) is 3.66. The lowest BCUT2D eigenvalue weighted by Crippen LogP contribution is -2.23. The van der Waals surface area contributed by atoms with Gasteiger partial charge in [0, 0.05) is 24.2 Å². The van der Waals surface area contributed by atoms with E-state index in [2.05, 4.69) is 20.6 Å². The molecule has 11 heteroatoms. The predicted molar refractivity (Wildman–Crippen MR) is 119 cm³/mol. The Hall–Kier alpha value is -4.67. The van der Waals surface area contributed by atoms with Crippen molar-refractivity contribution in [2.24, 2.45) is 7.05 Å². The highest BCUT2D eigenvalue weighted by Gasteiger charge is 2.21. The quantitative estimate of drug-likeness (QED) is 0.437. The summed E-state index contributed by atoms with van der Waals surface area (Å²) >= 11 is 0. The van der Waals surface area contributed by atoms with Gasteiger partial charge in [-0.2, -0.15) is 5.10 Å². The maximum absolute atomic E-state index is 14.4. The summed E-state index contributed by atoms with van der Waals surface area (Å²) in [7, 11) is 1.46. The highest BCUT2D eigenvalue weighted by atomic mass is 19.1. The van der Waals surface area contributed by atoms with Gasteiger partial charge in [0.15, 0.2) is 23.1 Å². The average molecular weight is 462 g/mol. The van der Waals surface area contributed by atoms with Crippen LogP contribution in [0.3, 0.4) is 0 Å². The second kappa shape index (κ2) is 8.03. The maximum atomic E-state index is 14.4. The van der Waals surface area contributed by atoms with E-state index in [1.807, 2.05) is 0 Å². The molecule has 2 aromatic carbocycles. The zero-order chi connectivity index (χ0) is 24.0. The molecule has 1 amide bonds. The van der Waals surface area contributed by atoms with Gasteiger partial charge in [-0.3, -0.25) is 14.2 Å². The average Bonchev–Trinajstić information content (AvgIpc) is 3.47. The summed E-state index contributed by atoms with van der Waals surface area (Å²) in [6.07, 6.45) is 2.65. The van der Waals surface area contributed by atoms with Crippen LogP contribution in [0.4, 0.5) is 14.6 Å². The summed E-state index contributed by atoms with van der Waals surface area (Å²) in [4.78, 5) is 30.3. The third-order valence-corrected chi connectivity index (χ3v) is 5.37. The molecule has 9 nitrogen and oxygen atoms in total. The van der Waals surface area contributed by atoms with E-state index in [4.69, 9.17) is 4.52 Å². The minimum atomic E-state index is -0.830. The minimum absolute atomic E-state index is 0.0668. The second-order valence-electron chi connectivity index (χ2n) is 7.53. The van der Waals surface area contributed by atoms with Crippen molar-refractivity contribution in [2.75, 3.05) is 5.32 Å². The first-order valence-corrected chi connectivity index (χ1v) is 10.1. The Labute approximate surface area is 190 Å². The molecule has 0 aliphatic carbocycles. The Morgan fingerprint density at radius 3 is 2.59 bits per heavy atom. The van der Waals surface area contributed by atoms with E-state index >= 15 is 0 Å². The van der Waals surface area contributed by atoms with E-state index in [0.29, 0.717) is 11.1 Å². The second-order valence-corrected chi connectivity index (χ2v) is 7.53. The molecule has 1 N–H and O–H groups in total. The number of nitrogens with one attached hydrogen (secondary N) is 1. The largest absolute Gasteiger partial charge is 0.363 e. The third-order valence-electron chi connectivity index (χ3n) is 5.37. The summed E-state index contributed by atoms with van der Waals surface area (Å²) in [5.74, 6) is -1.86. The lowest BCUT2D eigenvalue weighted by Gasteiger charge is -2.12. The molecule has 0 fully saturated rings. The molecule has 0 unspecified atom stereocenters. The number of fused-ring (bicyclic) bond motifs is 1. The number of halogens is 2. The van der Waals surface area contributed by atoms with Crippen molar-refractivity contribution in [3.05, 3.63) is 88.0 Å². The molecule has 0 bridgehead atoms. The van der Waals surface area contributed by atoms with Crippen LogP contribution in [0.1, 0.15) is 15.9 Å². The first-order chi connectivity index (χ1) is 16.3. The fourth-order valence-electron chi connectivity index (χ4n) is 3.66. The molecule has 0 radical (unpaired) electrons. The standard InChI is InChI=1S/C23H16F2N6O3/c1-12-6-7-13(21(32)28-18-8-9-34-29-18)10-14(12)19-23(33)30(2)22-17(27-19)11-26-31(22)20-15(24)4-3-5-16(20)25/h3-11H,1-2H3,(H,28,29,32). The van der Waals surface area contributed by atoms with Gasteiger partial charge in [0.25, 0.3) is 11.5 Å². The number of rotatable bonds is 4. The molecule has 0 saturated carbocycles. The van der Waals surface area contributed by atoms with Crippen molar-refractivity contribution in [3.63, 3.8) is 0 Å². The lowest BCUT2D eigenvalue weighted by molar-refractivity contribution is 0.102. The maximum Gasteiger partial charge on any atom is 0.278 e. The number of amides is 1. The van der Waals surface area contributed by atoms with Crippen LogP contribution in [0.15, 0.2) is 64.2 Å². The molecule has 3 aromatic heterocycles. The number of aryl methyl sites for hydroxylation is 2. The Bertz CT molecular complexity index is 1600. The number of benzene rings is 2. The molecule has 0 aliphatic rings. The van der Waals surface area contributed by atoms with E-state index in [0.717, 1.165) is 16.8 Å². The molecule has 5 aromatic rings. The molecular formula is C23H16F2N6O3. The number of nitrogens with zero attached hydrogens (tertiary/aromatic N) is 5. The molecule has 0 atom stereocenters. The highest BCUT2D eigenvalue weighted by Crippen LogP contribution is 2.25. The van der Waals surface area contributed by atoms with Crippen molar-refractivity contribution in [1.29, 1.82) is 0 Å². The lowest BCUT2D eigenvalue weighted by atomic mass is 10.0. The molecule has 170 valence electrons. The number of carbonyl (C=O) groups is 1. The zero-order valence-electron chi connectivity index (χ0n) is 17.9. The highest BCUT2D eigenvalue weighted by molar-refractivity contribution is 6.04. The predicted octanol–water partition coefficient (Wildman–Crippen LogP) is 3.61. The summed E-state index contributed by atoms with van der Waals surface area (Å²) in [5.41, 5.74) is 0.906.